The SMILES string of the molecule is CN=C(NCc1cccc(OCC(=O)NC2CC2)c1)NCc1nc(C(C)C)cs1. The van der Waals surface area contributed by atoms with Gasteiger partial charge in [-0.1, -0.05) is 26.0 Å². The van der Waals surface area contributed by atoms with Gasteiger partial charge in [0.25, 0.3) is 5.91 Å². The number of aliphatic imine (C=N–C) groups is 1. The number of rotatable bonds is 9. The van der Waals surface area contributed by atoms with Crippen molar-refractivity contribution in [3.63, 3.8) is 0 Å². The van der Waals surface area contributed by atoms with E-state index in [0.29, 0.717) is 36.8 Å². The fourth-order valence-electron chi connectivity index (χ4n) is 2.63. The van der Waals surface area contributed by atoms with Gasteiger partial charge in [0, 0.05) is 25.0 Å². The molecule has 0 spiro atoms. The Kier molecular flexibility index (Phi) is 7.46. The van der Waals surface area contributed by atoms with Crippen LogP contribution in [0.2, 0.25) is 0 Å². The molecule has 0 bridgehead atoms. The van der Waals surface area contributed by atoms with Crippen molar-refractivity contribution >= 4 is 23.2 Å². The summed E-state index contributed by atoms with van der Waals surface area (Å²) in [7, 11) is 1.74. The molecule has 1 heterocycles. The van der Waals surface area contributed by atoms with Crippen LogP contribution < -0.4 is 20.7 Å². The number of carbonyl (C=O) groups is 1. The molecule has 0 unspecified atom stereocenters. The molecule has 0 aliphatic heterocycles. The Morgan fingerprint density at radius 2 is 2.10 bits per heavy atom. The lowest BCUT2D eigenvalue weighted by Crippen LogP contribution is -2.36. The second-order valence-electron chi connectivity index (χ2n) is 7.38. The second kappa shape index (κ2) is 10.2. The molecule has 1 aliphatic carbocycles. The van der Waals surface area contributed by atoms with E-state index in [0.717, 1.165) is 29.1 Å². The molecule has 1 aromatic carbocycles. The number of guanidine groups is 1. The highest BCUT2D eigenvalue weighted by Gasteiger charge is 2.23. The Morgan fingerprint density at radius 3 is 2.79 bits per heavy atom. The van der Waals surface area contributed by atoms with Gasteiger partial charge in [0.05, 0.1) is 12.2 Å². The van der Waals surface area contributed by atoms with E-state index in [-0.39, 0.29) is 12.5 Å². The topological polar surface area (TPSA) is 87.6 Å². The van der Waals surface area contributed by atoms with Gasteiger partial charge >= 0.3 is 0 Å². The van der Waals surface area contributed by atoms with E-state index in [1.54, 1.807) is 18.4 Å². The fourth-order valence-corrected chi connectivity index (χ4v) is 3.52. The van der Waals surface area contributed by atoms with Gasteiger partial charge in [0.15, 0.2) is 12.6 Å². The number of nitrogens with zero attached hydrogens (tertiary/aromatic N) is 2. The first-order chi connectivity index (χ1) is 14.0. The maximum absolute atomic E-state index is 11.8. The van der Waals surface area contributed by atoms with E-state index in [1.165, 1.54) is 0 Å². The Morgan fingerprint density at radius 1 is 1.31 bits per heavy atom. The summed E-state index contributed by atoms with van der Waals surface area (Å²) in [6, 6.07) is 8.07. The van der Waals surface area contributed by atoms with Gasteiger partial charge < -0.3 is 20.7 Å². The second-order valence-corrected chi connectivity index (χ2v) is 8.32. The molecule has 1 saturated carbocycles. The predicted octanol–water partition coefficient (Wildman–Crippen LogP) is 2.79. The molecule has 156 valence electrons. The zero-order chi connectivity index (χ0) is 20.6. The number of aromatic nitrogens is 1. The van der Waals surface area contributed by atoms with Crippen LogP contribution in [0.5, 0.6) is 5.75 Å². The van der Waals surface area contributed by atoms with Gasteiger partial charge in [-0.05, 0) is 36.5 Å². The van der Waals surface area contributed by atoms with Gasteiger partial charge in [-0.3, -0.25) is 9.79 Å². The molecule has 7 nitrogen and oxygen atoms in total. The van der Waals surface area contributed by atoms with Crippen LogP contribution in [0.1, 0.15) is 48.9 Å². The lowest BCUT2D eigenvalue weighted by atomic mass is 10.2. The first kappa shape index (κ1) is 21.1. The summed E-state index contributed by atoms with van der Waals surface area (Å²) in [6.45, 7) is 5.56. The molecule has 3 N–H and O–H groups in total. The summed E-state index contributed by atoms with van der Waals surface area (Å²) in [4.78, 5) is 20.6. The van der Waals surface area contributed by atoms with Crippen LogP contribution in [-0.4, -0.2) is 36.5 Å². The molecule has 1 aromatic heterocycles. The fraction of sp³-hybridized carbons (Fsp3) is 0.476. The third-order valence-corrected chi connectivity index (χ3v) is 5.33. The average molecular weight is 416 g/mol. The minimum atomic E-state index is -0.0663. The highest BCUT2D eigenvalue weighted by Crippen LogP contribution is 2.19. The van der Waals surface area contributed by atoms with Crippen LogP contribution in [0.15, 0.2) is 34.6 Å². The lowest BCUT2D eigenvalue weighted by molar-refractivity contribution is -0.123. The average Bonchev–Trinajstić information content (AvgIpc) is 3.39. The largest absolute Gasteiger partial charge is 0.484 e. The van der Waals surface area contributed by atoms with Crippen LogP contribution in [0.4, 0.5) is 0 Å². The van der Waals surface area contributed by atoms with E-state index in [4.69, 9.17) is 4.74 Å². The molecule has 29 heavy (non-hydrogen) atoms. The van der Waals surface area contributed by atoms with E-state index in [9.17, 15) is 4.79 Å². The van der Waals surface area contributed by atoms with Crippen LogP contribution in [0, 0.1) is 0 Å². The number of amides is 1. The molecule has 0 radical (unpaired) electrons. The van der Waals surface area contributed by atoms with Crippen molar-refractivity contribution in [2.75, 3.05) is 13.7 Å². The molecule has 1 fully saturated rings. The van der Waals surface area contributed by atoms with Crippen LogP contribution in [-0.2, 0) is 17.9 Å². The van der Waals surface area contributed by atoms with Crippen molar-refractivity contribution in [1.82, 2.24) is 20.9 Å². The maximum Gasteiger partial charge on any atom is 0.258 e. The number of thiazole rings is 1. The van der Waals surface area contributed by atoms with Gasteiger partial charge in [-0.2, -0.15) is 0 Å². The van der Waals surface area contributed by atoms with Gasteiger partial charge in [-0.25, -0.2) is 4.98 Å². The number of benzene rings is 1. The standard InChI is InChI=1S/C21H29N5O2S/c1-14(2)18-13-29-20(26-18)11-24-21(22-3)23-10-15-5-4-6-17(9-15)28-12-19(27)25-16-7-8-16/h4-6,9,13-14,16H,7-8,10-12H2,1-3H3,(H,25,27)(H2,22,23,24). The number of carbonyl (C=O) groups excluding carboxylic acids is 1. The molecular weight excluding hydrogens is 386 g/mol. The smallest absolute Gasteiger partial charge is 0.258 e. The van der Waals surface area contributed by atoms with Crippen LogP contribution in [0.3, 0.4) is 0 Å². The first-order valence-corrected chi connectivity index (χ1v) is 10.8. The molecule has 0 saturated heterocycles. The van der Waals surface area contributed by atoms with Crippen molar-refractivity contribution in [2.24, 2.45) is 4.99 Å². The third kappa shape index (κ3) is 7.05. The highest BCUT2D eigenvalue weighted by molar-refractivity contribution is 7.09. The van der Waals surface area contributed by atoms with Crippen molar-refractivity contribution in [1.29, 1.82) is 0 Å². The molecule has 8 heteroatoms. The molecule has 0 atom stereocenters. The summed E-state index contributed by atoms with van der Waals surface area (Å²) in [6.07, 6.45) is 2.15. The minimum Gasteiger partial charge on any atom is -0.484 e. The van der Waals surface area contributed by atoms with Gasteiger partial charge in [0.2, 0.25) is 0 Å². The molecule has 1 aliphatic rings. The predicted molar refractivity (Wildman–Crippen MR) is 116 cm³/mol. The number of nitrogens with one attached hydrogen (secondary N) is 3. The maximum atomic E-state index is 11.8. The molecular formula is C21H29N5O2S. The van der Waals surface area contributed by atoms with Crippen molar-refractivity contribution in [3.05, 3.63) is 45.9 Å². The van der Waals surface area contributed by atoms with Gasteiger partial charge in [-0.15, -0.1) is 11.3 Å². The van der Waals surface area contributed by atoms with Crippen molar-refractivity contribution < 1.29 is 9.53 Å². The zero-order valence-electron chi connectivity index (χ0n) is 17.2. The van der Waals surface area contributed by atoms with E-state index >= 15 is 0 Å². The number of hydrogen-bond donors (Lipinski definition) is 3. The number of ether oxygens (including phenoxy) is 1. The van der Waals surface area contributed by atoms with E-state index < -0.39 is 0 Å². The van der Waals surface area contributed by atoms with Crippen LogP contribution >= 0.6 is 11.3 Å². The Balaban J connectivity index is 1.44. The Labute approximate surface area is 176 Å². The van der Waals surface area contributed by atoms with Gasteiger partial charge in [0.1, 0.15) is 10.8 Å². The first-order valence-electron chi connectivity index (χ1n) is 9.93. The summed E-state index contributed by atoms with van der Waals surface area (Å²) in [5, 5.41) is 12.6. The number of hydrogen-bond acceptors (Lipinski definition) is 5. The molecule has 1 amide bonds. The van der Waals surface area contributed by atoms with E-state index in [1.807, 2.05) is 24.3 Å². The monoisotopic (exact) mass is 415 g/mol. The van der Waals surface area contributed by atoms with Crippen LogP contribution in [0.25, 0.3) is 0 Å². The summed E-state index contributed by atoms with van der Waals surface area (Å²) >= 11 is 1.66. The van der Waals surface area contributed by atoms with E-state index in [2.05, 4.69) is 45.2 Å². The third-order valence-electron chi connectivity index (χ3n) is 4.46. The summed E-state index contributed by atoms with van der Waals surface area (Å²) in [5.41, 5.74) is 2.17. The van der Waals surface area contributed by atoms with Crippen molar-refractivity contribution in [2.45, 2.75) is 51.7 Å². The zero-order valence-corrected chi connectivity index (χ0v) is 18.0. The summed E-state index contributed by atoms with van der Waals surface area (Å²) in [5.74, 6) is 1.76. The highest BCUT2D eigenvalue weighted by atomic mass is 32.1. The molecule has 2 aromatic rings. The quantitative estimate of drug-likeness (QED) is 0.433. The Bertz CT molecular complexity index is 845. The van der Waals surface area contributed by atoms with Crippen molar-refractivity contribution in [3.8, 4) is 5.75 Å². The normalized spacial score (nSPS) is 14.0. The lowest BCUT2D eigenvalue weighted by Gasteiger charge is -2.12. The Hall–Kier alpha value is -2.61. The molecule has 3 rings (SSSR count). The minimum absolute atomic E-state index is 0.0444. The summed E-state index contributed by atoms with van der Waals surface area (Å²) < 4.78 is 5.60.